The normalized spacial score (nSPS) is 11.9. The van der Waals surface area contributed by atoms with Gasteiger partial charge in [0.2, 0.25) is 0 Å². The Morgan fingerprint density at radius 1 is 1.32 bits per heavy atom. The fourth-order valence-electron chi connectivity index (χ4n) is 2.45. The Morgan fingerprint density at radius 3 is 2.68 bits per heavy atom. The molecule has 0 unspecified atom stereocenters. The van der Waals surface area contributed by atoms with Crippen LogP contribution >= 0.6 is 0 Å². The van der Waals surface area contributed by atoms with Crippen LogP contribution in [0.5, 0.6) is 0 Å². The van der Waals surface area contributed by atoms with Crippen molar-refractivity contribution in [2.45, 2.75) is 19.4 Å². The van der Waals surface area contributed by atoms with Gasteiger partial charge in [-0.05, 0) is 12.5 Å². The molecule has 0 aliphatic rings. The van der Waals surface area contributed by atoms with Gasteiger partial charge in [0, 0.05) is 25.2 Å². The minimum Gasteiger partial charge on any atom is -0.327 e. The third-order valence-corrected chi connectivity index (χ3v) is 3.79. The van der Waals surface area contributed by atoms with Gasteiger partial charge in [0.05, 0.1) is 6.04 Å². The summed E-state index contributed by atoms with van der Waals surface area (Å²) in [7, 11) is 1.80. The topological polar surface area (TPSA) is 120 Å². The lowest BCUT2D eigenvalue weighted by molar-refractivity contribution is 0.248. The first-order valence-corrected chi connectivity index (χ1v) is 7.78. The molecule has 0 saturated heterocycles. The lowest BCUT2D eigenvalue weighted by atomic mass is 10.1. The van der Waals surface area contributed by atoms with Crippen molar-refractivity contribution in [2.75, 3.05) is 5.32 Å². The maximum Gasteiger partial charge on any atom is 0.340 e. The summed E-state index contributed by atoms with van der Waals surface area (Å²) in [5, 5.41) is 15.9. The van der Waals surface area contributed by atoms with Gasteiger partial charge in [-0.15, -0.1) is 0 Å². The van der Waals surface area contributed by atoms with Crippen molar-refractivity contribution < 1.29 is 4.79 Å². The molecule has 0 radical (unpaired) electrons. The summed E-state index contributed by atoms with van der Waals surface area (Å²) in [5.41, 5.74) is 1.51. The van der Waals surface area contributed by atoms with Gasteiger partial charge in [-0.1, -0.05) is 30.3 Å². The second-order valence-corrected chi connectivity index (χ2v) is 5.70. The molecular formula is C16H19N7O2. The van der Waals surface area contributed by atoms with E-state index in [1.165, 1.54) is 0 Å². The van der Waals surface area contributed by atoms with Crippen LogP contribution in [0.15, 0.2) is 41.2 Å². The first-order chi connectivity index (χ1) is 12.0. The van der Waals surface area contributed by atoms with Crippen molar-refractivity contribution in [2.24, 2.45) is 7.05 Å². The summed E-state index contributed by atoms with van der Waals surface area (Å²) < 4.78 is 1.67. The molecule has 9 heteroatoms. The van der Waals surface area contributed by atoms with Crippen LogP contribution in [0.1, 0.15) is 23.1 Å². The molecule has 0 saturated carbocycles. The van der Waals surface area contributed by atoms with E-state index in [1.807, 2.05) is 37.3 Å². The quantitative estimate of drug-likeness (QED) is 0.558. The van der Waals surface area contributed by atoms with E-state index in [4.69, 9.17) is 0 Å². The molecule has 3 aromatic rings. The Kier molecular flexibility index (Phi) is 4.64. The zero-order chi connectivity index (χ0) is 17.8. The molecule has 2 heterocycles. The lowest BCUT2D eigenvalue weighted by Crippen LogP contribution is -2.34. The lowest BCUT2D eigenvalue weighted by Gasteiger charge is -2.16. The van der Waals surface area contributed by atoms with Crippen molar-refractivity contribution in [3.63, 3.8) is 0 Å². The SMILES string of the molecule is Cc1cc(NC(=O)N[C@H](Cc2ccccc2)c2n[nH]c(=O)[nH]2)nn1C. The van der Waals surface area contributed by atoms with Crippen LogP contribution in [-0.4, -0.2) is 31.0 Å². The molecule has 0 bridgehead atoms. The molecule has 4 N–H and O–H groups in total. The molecule has 0 fully saturated rings. The van der Waals surface area contributed by atoms with Crippen LogP contribution in [0.2, 0.25) is 0 Å². The van der Waals surface area contributed by atoms with Gasteiger partial charge in [0.15, 0.2) is 11.6 Å². The van der Waals surface area contributed by atoms with E-state index in [1.54, 1.807) is 17.8 Å². The molecular weight excluding hydrogens is 322 g/mol. The van der Waals surface area contributed by atoms with Crippen LogP contribution < -0.4 is 16.3 Å². The summed E-state index contributed by atoms with van der Waals surface area (Å²) in [4.78, 5) is 26.3. The second kappa shape index (κ2) is 7.04. The summed E-state index contributed by atoms with van der Waals surface area (Å²) in [5.74, 6) is 0.813. The molecule has 0 aliphatic heterocycles. The van der Waals surface area contributed by atoms with Crippen LogP contribution in [0.3, 0.4) is 0 Å². The van der Waals surface area contributed by atoms with Gasteiger partial charge in [0.1, 0.15) is 0 Å². The number of amides is 2. The van der Waals surface area contributed by atoms with Crippen LogP contribution in [0.4, 0.5) is 10.6 Å². The average molecular weight is 341 g/mol. The summed E-state index contributed by atoms with van der Waals surface area (Å²) >= 11 is 0. The first-order valence-electron chi connectivity index (χ1n) is 7.78. The number of hydrogen-bond acceptors (Lipinski definition) is 4. The largest absolute Gasteiger partial charge is 0.340 e. The van der Waals surface area contributed by atoms with Crippen molar-refractivity contribution in [1.29, 1.82) is 0 Å². The molecule has 3 rings (SSSR count). The number of aromatic nitrogens is 5. The molecule has 2 amide bonds. The number of nitrogens with zero attached hydrogens (tertiary/aromatic N) is 3. The molecule has 0 spiro atoms. The maximum absolute atomic E-state index is 12.3. The number of carbonyl (C=O) groups is 1. The van der Waals surface area contributed by atoms with Crippen LogP contribution in [0.25, 0.3) is 0 Å². The number of rotatable bonds is 5. The predicted octanol–water partition coefficient (Wildman–Crippen LogP) is 1.25. The van der Waals surface area contributed by atoms with E-state index < -0.39 is 17.8 Å². The van der Waals surface area contributed by atoms with E-state index in [2.05, 4.69) is 30.9 Å². The van der Waals surface area contributed by atoms with Crippen molar-refractivity contribution in [3.05, 3.63) is 64.0 Å². The Labute approximate surface area is 143 Å². The fraction of sp³-hybridized carbons (Fsp3) is 0.250. The van der Waals surface area contributed by atoms with Gasteiger partial charge in [-0.3, -0.25) is 15.0 Å². The number of urea groups is 1. The van der Waals surface area contributed by atoms with Crippen molar-refractivity contribution in [3.8, 4) is 0 Å². The Balaban J connectivity index is 1.74. The smallest absolute Gasteiger partial charge is 0.327 e. The Hall–Kier alpha value is -3.36. The third kappa shape index (κ3) is 4.14. The third-order valence-electron chi connectivity index (χ3n) is 3.79. The Morgan fingerprint density at radius 2 is 2.08 bits per heavy atom. The number of aromatic amines is 2. The van der Waals surface area contributed by atoms with E-state index in [0.29, 0.717) is 18.1 Å². The molecule has 0 aliphatic carbocycles. The number of carbonyl (C=O) groups excluding carboxylic acids is 1. The van der Waals surface area contributed by atoms with Gasteiger partial charge in [0.25, 0.3) is 0 Å². The predicted molar refractivity (Wildman–Crippen MR) is 92.2 cm³/mol. The number of benzene rings is 1. The highest BCUT2D eigenvalue weighted by Crippen LogP contribution is 2.14. The zero-order valence-electron chi connectivity index (χ0n) is 13.9. The van der Waals surface area contributed by atoms with E-state index in [9.17, 15) is 9.59 Å². The number of hydrogen-bond donors (Lipinski definition) is 4. The molecule has 1 atom stereocenters. The highest BCUT2D eigenvalue weighted by Gasteiger charge is 2.19. The van der Waals surface area contributed by atoms with E-state index in [0.717, 1.165) is 11.3 Å². The van der Waals surface area contributed by atoms with Crippen molar-refractivity contribution in [1.82, 2.24) is 30.3 Å². The molecule has 2 aromatic heterocycles. The molecule has 9 nitrogen and oxygen atoms in total. The van der Waals surface area contributed by atoms with Gasteiger partial charge >= 0.3 is 11.7 Å². The maximum atomic E-state index is 12.3. The molecule has 130 valence electrons. The van der Waals surface area contributed by atoms with Gasteiger partial charge < -0.3 is 5.32 Å². The number of nitrogens with one attached hydrogen (secondary N) is 4. The standard InChI is InChI=1S/C16H19N7O2/c1-10-8-13(22-23(10)2)18-15(24)17-12(14-19-16(25)21-20-14)9-11-6-4-3-5-7-11/h3-8,12H,9H2,1-2H3,(H2,17,18,22,24)(H2,19,20,21,25)/t12-/m1/s1. The zero-order valence-corrected chi connectivity index (χ0v) is 13.9. The second-order valence-electron chi connectivity index (χ2n) is 5.70. The first kappa shape index (κ1) is 16.5. The van der Waals surface area contributed by atoms with E-state index in [-0.39, 0.29) is 0 Å². The van der Waals surface area contributed by atoms with Crippen LogP contribution in [-0.2, 0) is 13.5 Å². The highest BCUT2D eigenvalue weighted by molar-refractivity contribution is 5.88. The number of anilines is 1. The Bertz CT molecular complexity index is 890. The molecule has 25 heavy (non-hydrogen) atoms. The monoisotopic (exact) mass is 341 g/mol. The highest BCUT2D eigenvalue weighted by atomic mass is 16.2. The number of H-pyrrole nitrogens is 2. The van der Waals surface area contributed by atoms with Crippen LogP contribution in [0, 0.1) is 6.92 Å². The molecule has 1 aromatic carbocycles. The summed E-state index contributed by atoms with van der Waals surface area (Å²) in [6.45, 7) is 1.89. The van der Waals surface area contributed by atoms with E-state index >= 15 is 0 Å². The van der Waals surface area contributed by atoms with Gasteiger partial charge in [-0.25, -0.2) is 14.7 Å². The van der Waals surface area contributed by atoms with Crippen molar-refractivity contribution >= 4 is 11.8 Å². The summed E-state index contributed by atoms with van der Waals surface area (Å²) in [6.07, 6.45) is 0.482. The number of aryl methyl sites for hydroxylation is 2. The fourth-order valence-corrected chi connectivity index (χ4v) is 2.45. The summed E-state index contributed by atoms with van der Waals surface area (Å²) in [6, 6.07) is 10.5. The average Bonchev–Trinajstić information content (AvgIpc) is 3.13. The van der Waals surface area contributed by atoms with Gasteiger partial charge in [-0.2, -0.15) is 10.2 Å². The minimum atomic E-state index is -0.494. The minimum absolute atomic E-state index is 0.362.